The van der Waals surface area contributed by atoms with Crippen molar-refractivity contribution in [3.63, 3.8) is 0 Å². The average Bonchev–Trinajstić information content (AvgIpc) is 2.28. The van der Waals surface area contributed by atoms with Gasteiger partial charge in [0.2, 0.25) is 0 Å². The van der Waals surface area contributed by atoms with Crippen LogP contribution >= 0.6 is 0 Å². The van der Waals surface area contributed by atoms with Crippen LogP contribution in [0.5, 0.6) is 5.75 Å². The summed E-state index contributed by atoms with van der Waals surface area (Å²) in [5, 5.41) is 0.488. The summed E-state index contributed by atoms with van der Waals surface area (Å²) >= 11 is 0. The number of nitrogens with zero attached hydrogens (tertiary/aromatic N) is 1. The summed E-state index contributed by atoms with van der Waals surface area (Å²) in [4.78, 5) is 26.1. The molecular formula is C11H12N2O3. The van der Waals surface area contributed by atoms with Gasteiger partial charge in [-0.15, -0.1) is 0 Å². The SMILES string of the molecule is CCn1c(=O)[nH]c2cc(OC)ccc2c1=O. The Morgan fingerprint density at radius 2 is 2.12 bits per heavy atom. The molecule has 2 rings (SSSR count). The normalized spacial score (nSPS) is 10.6. The van der Waals surface area contributed by atoms with Crippen molar-refractivity contribution in [2.75, 3.05) is 7.11 Å². The zero-order valence-corrected chi connectivity index (χ0v) is 9.11. The first-order valence-corrected chi connectivity index (χ1v) is 4.98. The van der Waals surface area contributed by atoms with Gasteiger partial charge in [0, 0.05) is 12.6 Å². The van der Waals surface area contributed by atoms with Crippen molar-refractivity contribution in [2.45, 2.75) is 13.5 Å². The maximum absolute atomic E-state index is 11.9. The van der Waals surface area contributed by atoms with Crippen LogP contribution in [0.25, 0.3) is 10.9 Å². The Labute approximate surface area is 91.3 Å². The van der Waals surface area contributed by atoms with Crippen LogP contribution in [0.1, 0.15) is 6.92 Å². The molecule has 0 aliphatic carbocycles. The van der Waals surface area contributed by atoms with Crippen molar-refractivity contribution in [1.29, 1.82) is 0 Å². The second-order valence-corrected chi connectivity index (χ2v) is 3.39. The van der Waals surface area contributed by atoms with Crippen LogP contribution in [-0.4, -0.2) is 16.7 Å². The lowest BCUT2D eigenvalue weighted by Crippen LogP contribution is -2.34. The first-order chi connectivity index (χ1) is 7.67. The molecule has 0 saturated heterocycles. The van der Waals surface area contributed by atoms with E-state index >= 15 is 0 Å². The molecule has 0 spiro atoms. The Bertz CT molecular complexity index is 640. The molecule has 0 aliphatic heterocycles. The number of aromatic amines is 1. The van der Waals surface area contributed by atoms with Crippen molar-refractivity contribution < 1.29 is 4.74 Å². The predicted molar refractivity (Wildman–Crippen MR) is 61.1 cm³/mol. The average molecular weight is 220 g/mol. The van der Waals surface area contributed by atoms with Gasteiger partial charge in [0.05, 0.1) is 18.0 Å². The Morgan fingerprint density at radius 1 is 1.38 bits per heavy atom. The molecule has 84 valence electrons. The molecule has 0 unspecified atom stereocenters. The molecule has 5 nitrogen and oxygen atoms in total. The van der Waals surface area contributed by atoms with Crippen molar-refractivity contribution in [3.05, 3.63) is 39.0 Å². The van der Waals surface area contributed by atoms with E-state index in [1.54, 1.807) is 25.1 Å². The summed E-state index contributed by atoms with van der Waals surface area (Å²) in [6.07, 6.45) is 0. The minimum atomic E-state index is -0.395. The number of aromatic nitrogens is 2. The standard InChI is InChI=1S/C11H12N2O3/c1-3-13-10(14)8-5-4-7(16-2)6-9(8)12-11(13)15/h4-6H,3H2,1-2H3,(H,12,15). The molecule has 0 fully saturated rings. The highest BCUT2D eigenvalue weighted by atomic mass is 16.5. The second kappa shape index (κ2) is 3.84. The van der Waals surface area contributed by atoms with Gasteiger partial charge in [-0.3, -0.25) is 9.36 Å². The van der Waals surface area contributed by atoms with E-state index < -0.39 is 5.69 Å². The van der Waals surface area contributed by atoms with Gasteiger partial charge in [0.25, 0.3) is 5.56 Å². The first-order valence-electron chi connectivity index (χ1n) is 4.98. The molecule has 1 aromatic carbocycles. The van der Waals surface area contributed by atoms with E-state index in [-0.39, 0.29) is 5.56 Å². The highest BCUT2D eigenvalue weighted by molar-refractivity contribution is 5.78. The molecule has 1 heterocycles. The Morgan fingerprint density at radius 3 is 2.75 bits per heavy atom. The van der Waals surface area contributed by atoms with Gasteiger partial charge in [-0.05, 0) is 19.1 Å². The number of methoxy groups -OCH3 is 1. The molecule has 0 radical (unpaired) electrons. The predicted octanol–water partition coefficient (Wildman–Crippen LogP) is 0.718. The number of fused-ring (bicyclic) bond motifs is 1. The molecule has 1 aromatic heterocycles. The van der Waals surface area contributed by atoms with Crippen LogP contribution in [0.15, 0.2) is 27.8 Å². The molecular weight excluding hydrogens is 208 g/mol. The third-order valence-electron chi connectivity index (χ3n) is 2.51. The number of ether oxygens (including phenoxy) is 1. The zero-order chi connectivity index (χ0) is 11.7. The van der Waals surface area contributed by atoms with Crippen LogP contribution in [0.3, 0.4) is 0 Å². The van der Waals surface area contributed by atoms with E-state index in [2.05, 4.69) is 4.98 Å². The maximum Gasteiger partial charge on any atom is 0.328 e. The molecule has 0 atom stereocenters. The molecule has 2 aromatic rings. The minimum Gasteiger partial charge on any atom is -0.497 e. The smallest absolute Gasteiger partial charge is 0.328 e. The lowest BCUT2D eigenvalue weighted by Gasteiger charge is -2.04. The third kappa shape index (κ3) is 1.50. The van der Waals surface area contributed by atoms with Gasteiger partial charge in [0.1, 0.15) is 5.75 Å². The maximum atomic E-state index is 11.9. The fraction of sp³-hybridized carbons (Fsp3) is 0.273. The van der Waals surface area contributed by atoms with Crippen molar-refractivity contribution >= 4 is 10.9 Å². The molecule has 0 saturated carbocycles. The van der Waals surface area contributed by atoms with Crippen molar-refractivity contribution in [2.24, 2.45) is 0 Å². The Kier molecular flexibility index (Phi) is 2.52. The van der Waals surface area contributed by atoms with E-state index in [0.717, 1.165) is 4.57 Å². The van der Waals surface area contributed by atoms with Crippen LogP contribution in [0.2, 0.25) is 0 Å². The van der Waals surface area contributed by atoms with E-state index in [0.29, 0.717) is 23.2 Å². The summed E-state index contributed by atoms with van der Waals surface area (Å²) in [5.74, 6) is 0.608. The first kappa shape index (κ1) is 10.5. The lowest BCUT2D eigenvalue weighted by molar-refractivity contribution is 0.415. The fourth-order valence-electron chi connectivity index (χ4n) is 1.65. The molecule has 1 N–H and O–H groups in total. The molecule has 5 heteroatoms. The summed E-state index contributed by atoms with van der Waals surface area (Å²) < 4.78 is 6.19. The number of nitrogens with one attached hydrogen (secondary N) is 1. The van der Waals surface area contributed by atoms with Gasteiger partial charge in [-0.1, -0.05) is 0 Å². The van der Waals surface area contributed by atoms with Crippen LogP contribution < -0.4 is 16.0 Å². The third-order valence-corrected chi connectivity index (χ3v) is 2.51. The number of H-pyrrole nitrogens is 1. The van der Waals surface area contributed by atoms with E-state index in [1.165, 1.54) is 7.11 Å². The lowest BCUT2D eigenvalue weighted by atomic mass is 10.2. The highest BCUT2D eigenvalue weighted by Gasteiger charge is 2.06. The van der Waals surface area contributed by atoms with Crippen molar-refractivity contribution in [3.8, 4) is 5.75 Å². The quantitative estimate of drug-likeness (QED) is 0.811. The second-order valence-electron chi connectivity index (χ2n) is 3.39. The number of hydrogen-bond donors (Lipinski definition) is 1. The fourth-order valence-corrected chi connectivity index (χ4v) is 1.65. The number of hydrogen-bond acceptors (Lipinski definition) is 3. The highest BCUT2D eigenvalue weighted by Crippen LogP contribution is 2.14. The molecule has 0 amide bonds. The monoisotopic (exact) mass is 220 g/mol. The Balaban J connectivity index is 2.87. The number of benzene rings is 1. The minimum absolute atomic E-state index is 0.274. The van der Waals surface area contributed by atoms with Gasteiger partial charge >= 0.3 is 5.69 Å². The van der Waals surface area contributed by atoms with Crippen LogP contribution in [-0.2, 0) is 6.54 Å². The largest absolute Gasteiger partial charge is 0.497 e. The topological polar surface area (TPSA) is 64.1 Å². The van der Waals surface area contributed by atoms with Crippen molar-refractivity contribution in [1.82, 2.24) is 9.55 Å². The van der Waals surface area contributed by atoms with Gasteiger partial charge in [0.15, 0.2) is 0 Å². The van der Waals surface area contributed by atoms with E-state index in [1.807, 2.05) is 0 Å². The Hall–Kier alpha value is -2.04. The molecule has 0 bridgehead atoms. The number of rotatable bonds is 2. The van der Waals surface area contributed by atoms with Gasteiger partial charge in [-0.25, -0.2) is 4.79 Å². The van der Waals surface area contributed by atoms with Gasteiger partial charge in [-0.2, -0.15) is 0 Å². The van der Waals surface area contributed by atoms with Gasteiger partial charge < -0.3 is 9.72 Å². The van der Waals surface area contributed by atoms with E-state index in [4.69, 9.17) is 4.74 Å². The zero-order valence-electron chi connectivity index (χ0n) is 9.11. The summed E-state index contributed by atoms with van der Waals surface area (Å²) in [6.45, 7) is 2.11. The summed E-state index contributed by atoms with van der Waals surface area (Å²) in [6, 6.07) is 4.98. The summed E-state index contributed by atoms with van der Waals surface area (Å²) in [7, 11) is 1.53. The van der Waals surface area contributed by atoms with Crippen LogP contribution in [0.4, 0.5) is 0 Å². The molecule has 0 aliphatic rings. The molecule has 16 heavy (non-hydrogen) atoms. The van der Waals surface area contributed by atoms with E-state index in [9.17, 15) is 9.59 Å². The summed E-state index contributed by atoms with van der Waals surface area (Å²) in [5.41, 5.74) is -0.170. The van der Waals surface area contributed by atoms with Crippen LogP contribution in [0, 0.1) is 0 Å².